The number of alkyl halides is 3. The van der Waals surface area contributed by atoms with Crippen LogP contribution in [0.25, 0.3) is 0 Å². The molecule has 172 valence electrons. The molecule has 0 fully saturated rings. The molecule has 3 atom stereocenters. The molecule has 0 saturated heterocycles. The molecule has 0 spiro atoms. The van der Waals surface area contributed by atoms with E-state index in [0.717, 1.165) is 6.07 Å². The average Bonchev–Trinajstić information content (AvgIpc) is 2.78. The number of carbonyl (C=O) groups is 3. The van der Waals surface area contributed by atoms with Gasteiger partial charge >= 0.3 is 12.1 Å². The molecule has 0 unspecified atom stereocenters. The Bertz CT molecular complexity index is 1120. The van der Waals surface area contributed by atoms with E-state index in [0.29, 0.717) is 5.56 Å². The third kappa shape index (κ3) is 4.29. The van der Waals surface area contributed by atoms with Crippen LogP contribution in [-0.4, -0.2) is 24.3 Å². The van der Waals surface area contributed by atoms with Gasteiger partial charge in [0, 0.05) is 29.5 Å². The molecule has 0 aromatic heterocycles. The van der Waals surface area contributed by atoms with Crippen molar-refractivity contribution in [1.82, 2.24) is 5.32 Å². The van der Waals surface area contributed by atoms with E-state index in [4.69, 9.17) is 4.74 Å². The minimum absolute atomic E-state index is 0.0523. The van der Waals surface area contributed by atoms with Gasteiger partial charge in [-0.1, -0.05) is 48.5 Å². The number of amides is 1. The van der Waals surface area contributed by atoms with E-state index in [9.17, 15) is 27.6 Å². The lowest BCUT2D eigenvalue weighted by Gasteiger charge is -2.38. The lowest BCUT2D eigenvalue weighted by atomic mass is 9.67. The first-order valence-electron chi connectivity index (χ1n) is 10.7. The van der Waals surface area contributed by atoms with E-state index in [1.54, 1.807) is 37.3 Å². The van der Waals surface area contributed by atoms with Gasteiger partial charge in [-0.3, -0.25) is 14.4 Å². The molecule has 1 aliphatic heterocycles. The largest absolute Gasteiger partial charge is 0.465 e. The highest BCUT2D eigenvalue weighted by Gasteiger charge is 2.49. The SMILES string of the molecule is CCOC(=O)[C@@H]1C(=O)C2=C(C[C@@H]1c1ccccc1)NC(=O)C[C@H]2c1ccccc1C(F)(F)F. The maximum absolute atomic E-state index is 13.7. The summed E-state index contributed by atoms with van der Waals surface area (Å²) in [4.78, 5) is 39.1. The van der Waals surface area contributed by atoms with Gasteiger partial charge in [0.1, 0.15) is 5.92 Å². The average molecular weight is 457 g/mol. The summed E-state index contributed by atoms with van der Waals surface area (Å²) in [6, 6.07) is 13.8. The lowest BCUT2D eigenvalue weighted by Crippen LogP contribution is -2.44. The highest BCUT2D eigenvalue weighted by atomic mass is 19.4. The van der Waals surface area contributed by atoms with Gasteiger partial charge < -0.3 is 10.1 Å². The van der Waals surface area contributed by atoms with Crippen LogP contribution in [0.5, 0.6) is 0 Å². The van der Waals surface area contributed by atoms with Gasteiger partial charge in [-0.25, -0.2) is 0 Å². The fourth-order valence-corrected chi connectivity index (χ4v) is 4.79. The van der Waals surface area contributed by atoms with Crippen molar-refractivity contribution in [2.45, 2.75) is 37.8 Å². The predicted octanol–water partition coefficient (Wildman–Crippen LogP) is 4.50. The molecule has 0 bridgehead atoms. The van der Waals surface area contributed by atoms with Crippen LogP contribution in [0.1, 0.15) is 48.3 Å². The summed E-state index contributed by atoms with van der Waals surface area (Å²) in [7, 11) is 0. The molecule has 8 heteroatoms. The first kappa shape index (κ1) is 22.8. The second kappa shape index (κ2) is 8.84. The molecule has 0 radical (unpaired) electrons. The van der Waals surface area contributed by atoms with Crippen LogP contribution in [0.2, 0.25) is 0 Å². The smallest absolute Gasteiger partial charge is 0.416 e. The van der Waals surface area contributed by atoms with Crippen molar-refractivity contribution in [2.24, 2.45) is 5.92 Å². The Hall–Kier alpha value is -3.42. The summed E-state index contributed by atoms with van der Waals surface area (Å²) in [5.41, 5.74) is -0.0182. The van der Waals surface area contributed by atoms with Gasteiger partial charge in [0.05, 0.1) is 12.2 Å². The number of allylic oxidation sites excluding steroid dienone is 2. The van der Waals surface area contributed by atoms with E-state index < -0.39 is 47.2 Å². The summed E-state index contributed by atoms with van der Waals surface area (Å²) >= 11 is 0. The normalized spacial score (nSPS) is 23.1. The maximum Gasteiger partial charge on any atom is 0.416 e. The minimum atomic E-state index is -4.66. The summed E-state index contributed by atoms with van der Waals surface area (Å²) in [5.74, 6) is -4.71. The number of ether oxygens (including phenoxy) is 1. The van der Waals surface area contributed by atoms with Crippen LogP contribution in [0.3, 0.4) is 0 Å². The number of rotatable bonds is 4. The van der Waals surface area contributed by atoms with Crippen molar-refractivity contribution in [3.63, 3.8) is 0 Å². The molecular weight excluding hydrogens is 435 g/mol. The molecule has 4 rings (SSSR count). The number of hydrogen-bond donors (Lipinski definition) is 1. The number of hydrogen-bond acceptors (Lipinski definition) is 4. The van der Waals surface area contributed by atoms with Crippen LogP contribution >= 0.6 is 0 Å². The van der Waals surface area contributed by atoms with Crippen LogP contribution in [0.4, 0.5) is 13.2 Å². The Morgan fingerprint density at radius 3 is 2.36 bits per heavy atom. The standard InChI is InChI=1S/C25H22F3NO4/c1-2-33-24(32)22-16(14-8-4-3-5-9-14)12-19-21(23(22)31)17(13-20(30)29-19)15-10-6-7-11-18(15)25(26,27)28/h3-11,16-17,22H,2,12-13H2,1H3,(H,29,30)/t16-,17+,22+/m1/s1. The number of ketones is 1. The van der Waals surface area contributed by atoms with Gasteiger partial charge in [-0.15, -0.1) is 0 Å². The monoisotopic (exact) mass is 457 g/mol. The third-order valence-corrected chi connectivity index (χ3v) is 6.14. The first-order valence-corrected chi connectivity index (χ1v) is 10.7. The highest BCUT2D eigenvalue weighted by molar-refractivity contribution is 6.12. The Kier molecular flexibility index (Phi) is 6.10. The number of carbonyl (C=O) groups excluding carboxylic acids is 3. The van der Waals surface area contributed by atoms with Crippen LogP contribution in [-0.2, 0) is 25.3 Å². The topological polar surface area (TPSA) is 72.5 Å². The molecule has 33 heavy (non-hydrogen) atoms. The number of halogens is 3. The van der Waals surface area contributed by atoms with Crippen molar-refractivity contribution in [3.8, 4) is 0 Å². The van der Waals surface area contributed by atoms with Crippen molar-refractivity contribution in [1.29, 1.82) is 0 Å². The second-order valence-electron chi connectivity index (χ2n) is 8.10. The van der Waals surface area contributed by atoms with E-state index in [1.807, 2.05) is 0 Å². The summed E-state index contributed by atoms with van der Waals surface area (Å²) in [6.45, 7) is 1.68. The molecule has 1 amide bonds. The Balaban J connectivity index is 1.86. The molecule has 1 heterocycles. The van der Waals surface area contributed by atoms with Crippen molar-refractivity contribution >= 4 is 17.7 Å². The van der Waals surface area contributed by atoms with E-state index in [1.165, 1.54) is 18.2 Å². The summed E-state index contributed by atoms with van der Waals surface area (Å²) < 4.78 is 46.4. The third-order valence-electron chi connectivity index (χ3n) is 6.14. The maximum atomic E-state index is 13.7. The highest BCUT2D eigenvalue weighted by Crippen LogP contribution is 2.47. The van der Waals surface area contributed by atoms with Gasteiger partial charge in [-0.05, 0) is 30.5 Å². The number of nitrogens with one attached hydrogen (secondary N) is 1. The van der Waals surface area contributed by atoms with Crippen molar-refractivity contribution in [3.05, 3.63) is 82.6 Å². The minimum Gasteiger partial charge on any atom is -0.465 e. The zero-order valence-corrected chi connectivity index (χ0v) is 17.8. The molecule has 1 N–H and O–H groups in total. The van der Waals surface area contributed by atoms with Crippen LogP contribution in [0, 0.1) is 5.92 Å². The number of esters is 1. The Morgan fingerprint density at radius 1 is 1.03 bits per heavy atom. The molecular formula is C25H22F3NO4. The lowest BCUT2D eigenvalue weighted by molar-refractivity contribution is -0.152. The van der Waals surface area contributed by atoms with Crippen molar-refractivity contribution < 1.29 is 32.3 Å². The van der Waals surface area contributed by atoms with E-state index in [2.05, 4.69) is 5.32 Å². The second-order valence-corrected chi connectivity index (χ2v) is 8.10. The van der Waals surface area contributed by atoms with E-state index >= 15 is 0 Å². The fraction of sp³-hybridized carbons (Fsp3) is 0.320. The molecule has 0 saturated carbocycles. The van der Waals surface area contributed by atoms with Crippen molar-refractivity contribution in [2.75, 3.05) is 6.61 Å². The predicted molar refractivity (Wildman–Crippen MR) is 113 cm³/mol. The number of Topliss-reactive ketones (excluding diaryl/α,β-unsaturated/α-hetero) is 1. The first-order chi connectivity index (χ1) is 15.7. The zero-order chi connectivity index (χ0) is 23.8. The molecule has 1 aliphatic carbocycles. The van der Waals surface area contributed by atoms with Crippen LogP contribution < -0.4 is 5.32 Å². The zero-order valence-electron chi connectivity index (χ0n) is 17.8. The van der Waals surface area contributed by atoms with E-state index in [-0.39, 0.29) is 36.3 Å². The van der Waals surface area contributed by atoms with Gasteiger partial charge in [0.25, 0.3) is 0 Å². The van der Waals surface area contributed by atoms with Gasteiger partial charge in [-0.2, -0.15) is 13.2 Å². The Morgan fingerprint density at radius 2 is 1.70 bits per heavy atom. The van der Waals surface area contributed by atoms with Gasteiger partial charge in [0.2, 0.25) is 5.91 Å². The molecule has 2 aromatic carbocycles. The summed E-state index contributed by atoms with van der Waals surface area (Å²) in [5, 5.41) is 2.68. The Labute approximate surface area is 188 Å². The fourth-order valence-electron chi connectivity index (χ4n) is 4.79. The van der Waals surface area contributed by atoms with Crippen LogP contribution in [0.15, 0.2) is 65.9 Å². The molecule has 2 aromatic rings. The molecule has 2 aliphatic rings. The quantitative estimate of drug-likeness (QED) is 0.542. The number of benzene rings is 2. The van der Waals surface area contributed by atoms with Gasteiger partial charge in [0.15, 0.2) is 5.78 Å². The molecule has 5 nitrogen and oxygen atoms in total. The summed E-state index contributed by atoms with van der Waals surface area (Å²) in [6.07, 6.45) is -4.84.